The van der Waals surface area contributed by atoms with Gasteiger partial charge in [0.1, 0.15) is 0 Å². The molecule has 1 amide bonds. The average Bonchev–Trinajstić information content (AvgIpc) is 3.03. The summed E-state index contributed by atoms with van der Waals surface area (Å²) in [6, 6.07) is 12.7. The SMILES string of the molecule is COc1cc(C=C2SC(=Nc3ccc(C)cc3)NC2=O)ccc1OC(C)C(=O)O. The lowest BCUT2D eigenvalue weighted by Crippen LogP contribution is -2.23. The van der Waals surface area contributed by atoms with E-state index in [4.69, 9.17) is 14.6 Å². The Hall–Kier alpha value is -3.26. The number of hydrogen-bond donors (Lipinski definition) is 2. The molecule has 1 unspecified atom stereocenters. The lowest BCUT2D eigenvalue weighted by Gasteiger charge is -2.14. The zero-order valence-electron chi connectivity index (χ0n) is 16.1. The van der Waals surface area contributed by atoms with Gasteiger partial charge in [-0.15, -0.1) is 0 Å². The molecule has 1 heterocycles. The molecule has 7 nitrogen and oxygen atoms in total. The molecule has 2 N–H and O–H groups in total. The van der Waals surface area contributed by atoms with Gasteiger partial charge < -0.3 is 19.9 Å². The summed E-state index contributed by atoms with van der Waals surface area (Å²) >= 11 is 1.25. The van der Waals surface area contributed by atoms with Crippen molar-refractivity contribution in [2.75, 3.05) is 7.11 Å². The molecule has 0 spiro atoms. The fourth-order valence-electron chi connectivity index (χ4n) is 2.48. The number of thioether (sulfide) groups is 1. The summed E-state index contributed by atoms with van der Waals surface area (Å²) in [5.41, 5.74) is 2.61. The zero-order chi connectivity index (χ0) is 21.0. The zero-order valence-corrected chi connectivity index (χ0v) is 16.9. The van der Waals surface area contributed by atoms with Gasteiger partial charge in [0.05, 0.1) is 17.7 Å². The molecule has 29 heavy (non-hydrogen) atoms. The first kappa shape index (κ1) is 20.5. The number of aliphatic imine (C=N–C) groups is 1. The van der Waals surface area contributed by atoms with Crippen molar-refractivity contribution in [1.82, 2.24) is 5.32 Å². The Morgan fingerprint density at radius 3 is 2.59 bits per heavy atom. The van der Waals surface area contributed by atoms with Gasteiger partial charge in [-0.25, -0.2) is 9.79 Å². The van der Waals surface area contributed by atoms with E-state index in [-0.39, 0.29) is 5.91 Å². The first-order valence-electron chi connectivity index (χ1n) is 8.79. The second-order valence-corrected chi connectivity index (χ2v) is 7.36. The largest absolute Gasteiger partial charge is 0.493 e. The third kappa shape index (κ3) is 5.17. The van der Waals surface area contributed by atoms with Crippen molar-refractivity contribution in [2.45, 2.75) is 20.0 Å². The second kappa shape index (κ2) is 8.83. The number of carboxylic acid groups (broad SMARTS) is 1. The molecule has 150 valence electrons. The minimum Gasteiger partial charge on any atom is -0.493 e. The Morgan fingerprint density at radius 2 is 1.93 bits per heavy atom. The Balaban J connectivity index is 1.79. The molecule has 0 bridgehead atoms. The maximum absolute atomic E-state index is 12.3. The van der Waals surface area contributed by atoms with Gasteiger partial charge >= 0.3 is 5.97 Å². The van der Waals surface area contributed by atoms with Crippen molar-refractivity contribution >= 4 is 40.6 Å². The molecule has 0 aromatic heterocycles. The summed E-state index contributed by atoms with van der Waals surface area (Å²) in [4.78, 5) is 28.2. The summed E-state index contributed by atoms with van der Waals surface area (Å²) < 4.78 is 10.7. The van der Waals surface area contributed by atoms with E-state index in [1.165, 1.54) is 25.8 Å². The standard InChI is InChI=1S/C21H20N2O5S/c1-12-4-7-15(8-5-12)22-21-23-19(24)18(29-21)11-14-6-9-16(17(10-14)27-3)28-13(2)20(25)26/h4-11,13H,1-3H3,(H,25,26)(H,22,23,24). The van der Waals surface area contributed by atoms with Gasteiger partial charge in [-0.05, 0) is 61.5 Å². The molecule has 2 aromatic carbocycles. The number of carbonyl (C=O) groups is 2. The Kier molecular flexibility index (Phi) is 6.23. The number of hydrogen-bond acceptors (Lipinski definition) is 6. The first-order chi connectivity index (χ1) is 13.9. The van der Waals surface area contributed by atoms with E-state index in [1.54, 1.807) is 24.3 Å². The van der Waals surface area contributed by atoms with Crippen molar-refractivity contribution in [2.24, 2.45) is 4.99 Å². The van der Waals surface area contributed by atoms with Crippen LogP contribution in [-0.2, 0) is 9.59 Å². The maximum Gasteiger partial charge on any atom is 0.344 e. The fourth-order valence-corrected chi connectivity index (χ4v) is 3.32. The number of rotatable bonds is 6. The van der Waals surface area contributed by atoms with Crippen LogP contribution in [0.25, 0.3) is 6.08 Å². The predicted molar refractivity (Wildman–Crippen MR) is 113 cm³/mol. The quantitative estimate of drug-likeness (QED) is 0.702. The van der Waals surface area contributed by atoms with Crippen LogP contribution < -0.4 is 14.8 Å². The molecule has 3 rings (SSSR count). The molecular weight excluding hydrogens is 392 g/mol. The molecule has 2 aromatic rings. The van der Waals surface area contributed by atoms with E-state index in [9.17, 15) is 9.59 Å². The van der Waals surface area contributed by atoms with E-state index in [1.807, 2.05) is 31.2 Å². The van der Waals surface area contributed by atoms with Crippen LogP contribution in [0.4, 0.5) is 5.69 Å². The second-order valence-electron chi connectivity index (χ2n) is 6.33. The molecule has 1 aliphatic heterocycles. The van der Waals surface area contributed by atoms with E-state index < -0.39 is 12.1 Å². The van der Waals surface area contributed by atoms with E-state index in [2.05, 4.69) is 10.3 Å². The number of aliphatic carboxylic acids is 1. The van der Waals surface area contributed by atoms with Crippen molar-refractivity contribution in [3.63, 3.8) is 0 Å². The third-order valence-electron chi connectivity index (χ3n) is 4.05. The van der Waals surface area contributed by atoms with Crippen LogP contribution in [0.1, 0.15) is 18.1 Å². The summed E-state index contributed by atoms with van der Waals surface area (Å²) in [6.45, 7) is 3.43. The average molecular weight is 412 g/mol. The number of aryl methyl sites for hydroxylation is 1. The van der Waals surface area contributed by atoms with Crippen LogP contribution in [0.15, 0.2) is 52.4 Å². The predicted octanol–water partition coefficient (Wildman–Crippen LogP) is 3.75. The van der Waals surface area contributed by atoms with Gasteiger partial charge in [0.25, 0.3) is 5.91 Å². The lowest BCUT2D eigenvalue weighted by atomic mass is 10.2. The molecule has 1 aliphatic rings. The monoisotopic (exact) mass is 412 g/mol. The number of amidine groups is 1. The third-order valence-corrected chi connectivity index (χ3v) is 4.96. The van der Waals surface area contributed by atoms with Gasteiger partial charge in [0.2, 0.25) is 0 Å². The van der Waals surface area contributed by atoms with Gasteiger partial charge in [-0.2, -0.15) is 0 Å². The molecule has 1 fully saturated rings. The van der Waals surface area contributed by atoms with Crippen LogP contribution >= 0.6 is 11.8 Å². The highest BCUT2D eigenvalue weighted by Gasteiger charge is 2.24. The lowest BCUT2D eigenvalue weighted by molar-refractivity contribution is -0.144. The van der Waals surface area contributed by atoms with Gasteiger partial charge in [0.15, 0.2) is 22.8 Å². The molecule has 0 aliphatic carbocycles. The fraction of sp³-hybridized carbons (Fsp3) is 0.190. The van der Waals surface area contributed by atoms with Crippen LogP contribution in [0, 0.1) is 6.92 Å². The normalized spacial score (nSPS) is 17.3. The molecule has 8 heteroatoms. The van der Waals surface area contributed by atoms with Crippen molar-refractivity contribution in [1.29, 1.82) is 0 Å². The van der Waals surface area contributed by atoms with Crippen molar-refractivity contribution in [3.05, 3.63) is 58.5 Å². The van der Waals surface area contributed by atoms with Crippen molar-refractivity contribution in [3.8, 4) is 11.5 Å². The first-order valence-corrected chi connectivity index (χ1v) is 9.61. The van der Waals surface area contributed by atoms with Gasteiger partial charge in [0, 0.05) is 0 Å². The van der Waals surface area contributed by atoms with Gasteiger partial charge in [-0.1, -0.05) is 23.8 Å². The van der Waals surface area contributed by atoms with Crippen molar-refractivity contribution < 1.29 is 24.2 Å². The molecule has 0 radical (unpaired) electrons. The number of nitrogens with zero attached hydrogens (tertiary/aromatic N) is 1. The number of methoxy groups -OCH3 is 1. The number of amides is 1. The maximum atomic E-state index is 12.3. The Bertz CT molecular complexity index is 999. The Morgan fingerprint density at radius 1 is 1.21 bits per heavy atom. The summed E-state index contributed by atoms with van der Waals surface area (Å²) in [7, 11) is 1.47. The van der Waals surface area contributed by atoms with Gasteiger partial charge in [-0.3, -0.25) is 4.79 Å². The highest BCUT2D eigenvalue weighted by molar-refractivity contribution is 8.18. The number of carbonyl (C=O) groups excluding carboxylic acids is 1. The van der Waals surface area contributed by atoms with Crippen LogP contribution in [0.5, 0.6) is 11.5 Å². The summed E-state index contributed by atoms with van der Waals surface area (Å²) in [5.74, 6) is -0.614. The molecular formula is C21H20N2O5S. The van der Waals surface area contributed by atoms with E-state index in [0.717, 1.165) is 11.3 Å². The highest BCUT2D eigenvalue weighted by atomic mass is 32.2. The van der Waals surface area contributed by atoms with Crippen LogP contribution in [-0.4, -0.2) is 35.4 Å². The minimum atomic E-state index is -1.07. The smallest absolute Gasteiger partial charge is 0.344 e. The van der Waals surface area contributed by atoms with E-state index in [0.29, 0.717) is 27.1 Å². The molecule has 1 atom stereocenters. The topological polar surface area (TPSA) is 97.2 Å². The number of nitrogens with one attached hydrogen (secondary N) is 1. The minimum absolute atomic E-state index is 0.236. The number of benzene rings is 2. The summed E-state index contributed by atoms with van der Waals surface area (Å²) in [6.07, 6.45) is 0.703. The Labute approximate surface area is 172 Å². The van der Waals surface area contributed by atoms with E-state index >= 15 is 0 Å². The molecule has 0 saturated carbocycles. The molecule has 1 saturated heterocycles. The van der Waals surface area contributed by atoms with Crippen LogP contribution in [0.2, 0.25) is 0 Å². The number of carboxylic acids is 1. The van der Waals surface area contributed by atoms with Crippen LogP contribution in [0.3, 0.4) is 0 Å². The summed E-state index contributed by atoms with van der Waals surface area (Å²) in [5, 5.41) is 12.2. The number of ether oxygens (including phenoxy) is 2. The highest BCUT2D eigenvalue weighted by Crippen LogP contribution is 2.32.